The van der Waals surface area contributed by atoms with Crippen LogP contribution in [0.5, 0.6) is 5.75 Å². The Hall–Kier alpha value is -3.17. The van der Waals surface area contributed by atoms with Crippen LogP contribution in [0.25, 0.3) is 11.1 Å². The zero-order valence-corrected chi connectivity index (χ0v) is 22.3. The Morgan fingerprint density at radius 2 is 1.90 bits per heavy atom. The second-order valence-corrected chi connectivity index (χ2v) is 10.9. The van der Waals surface area contributed by atoms with E-state index in [0.29, 0.717) is 23.1 Å². The van der Waals surface area contributed by atoms with Crippen molar-refractivity contribution in [3.63, 3.8) is 0 Å². The number of hydrogen-bond acceptors (Lipinski definition) is 6. The molecule has 0 radical (unpaired) electrons. The van der Waals surface area contributed by atoms with E-state index in [1.165, 1.54) is 13.3 Å². The first kappa shape index (κ1) is 26.1. The molecule has 3 aliphatic rings. The number of alkyl halides is 2. The van der Waals surface area contributed by atoms with Crippen LogP contribution in [-0.4, -0.2) is 47.8 Å². The van der Waals surface area contributed by atoms with Gasteiger partial charge in [-0.25, -0.2) is 9.78 Å². The van der Waals surface area contributed by atoms with Gasteiger partial charge < -0.3 is 24.1 Å². The molecule has 1 N–H and O–H groups in total. The van der Waals surface area contributed by atoms with Crippen molar-refractivity contribution in [2.45, 2.75) is 75.8 Å². The van der Waals surface area contributed by atoms with Crippen LogP contribution in [0.15, 0.2) is 42.7 Å². The van der Waals surface area contributed by atoms with Gasteiger partial charge in [-0.3, -0.25) is 0 Å². The van der Waals surface area contributed by atoms with Crippen molar-refractivity contribution in [1.29, 1.82) is 0 Å². The van der Waals surface area contributed by atoms with E-state index < -0.39 is 12.6 Å². The number of anilines is 1. The van der Waals surface area contributed by atoms with Crippen molar-refractivity contribution in [3.05, 3.63) is 64.6 Å². The molecule has 4 heterocycles. The van der Waals surface area contributed by atoms with Crippen LogP contribution >= 0.6 is 11.6 Å². The van der Waals surface area contributed by atoms with Gasteiger partial charge >= 0.3 is 12.6 Å². The van der Waals surface area contributed by atoms with Gasteiger partial charge in [0.25, 0.3) is 0 Å². The Balaban J connectivity index is 1.18. The summed E-state index contributed by atoms with van der Waals surface area (Å²) < 4.78 is 42.3. The Kier molecular flexibility index (Phi) is 7.20. The first-order valence-electron chi connectivity index (χ1n) is 13.3. The summed E-state index contributed by atoms with van der Waals surface area (Å²) in [5, 5.41) is 0.327. The molecule has 6 rings (SSSR count). The van der Waals surface area contributed by atoms with Gasteiger partial charge in [0.1, 0.15) is 11.6 Å². The summed E-state index contributed by atoms with van der Waals surface area (Å²) in [7, 11) is 1.32. The number of aromatic amines is 1. The molecule has 0 spiro atoms. The lowest BCUT2D eigenvalue weighted by atomic mass is 9.98. The summed E-state index contributed by atoms with van der Waals surface area (Å²) in [5.74, 6) is 0.860. The summed E-state index contributed by atoms with van der Waals surface area (Å²) >= 11 is 6.38. The van der Waals surface area contributed by atoms with Gasteiger partial charge in [0.05, 0.1) is 30.4 Å². The molecule has 10 heteroatoms. The highest BCUT2D eigenvalue weighted by atomic mass is 35.5. The molecule has 2 aromatic heterocycles. The van der Waals surface area contributed by atoms with E-state index in [1.54, 1.807) is 18.2 Å². The molecule has 2 aliphatic heterocycles. The van der Waals surface area contributed by atoms with Gasteiger partial charge in [0.15, 0.2) is 0 Å². The third-order valence-corrected chi connectivity index (χ3v) is 8.38. The van der Waals surface area contributed by atoms with E-state index in [4.69, 9.17) is 25.8 Å². The lowest BCUT2D eigenvalue weighted by Gasteiger charge is -2.39. The Morgan fingerprint density at radius 3 is 2.56 bits per heavy atom. The van der Waals surface area contributed by atoms with Crippen LogP contribution < -0.4 is 9.64 Å². The van der Waals surface area contributed by atoms with E-state index in [9.17, 15) is 13.6 Å². The highest BCUT2D eigenvalue weighted by molar-refractivity contribution is 6.33. The first-order valence-corrected chi connectivity index (χ1v) is 13.7. The number of para-hydroxylation sites is 1. The van der Waals surface area contributed by atoms with Crippen LogP contribution in [-0.2, 0) is 16.1 Å². The smallest absolute Gasteiger partial charge is 0.387 e. The van der Waals surface area contributed by atoms with Gasteiger partial charge in [-0.05, 0) is 50.5 Å². The minimum atomic E-state index is -2.89. The van der Waals surface area contributed by atoms with Crippen molar-refractivity contribution >= 4 is 23.4 Å². The SMILES string of the molecule is COC(=O)c1cnc(N2C3CCC2CC(OCc2c(-c4ccccc4OC(F)F)c[nH]c2C2CC2)C3)cc1Cl. The summed E-state index contributed by atoms with van der Waals surface area (Å²) in [6, 6.07) is 9.16. The number of aromatic nitrogens is 2. The predicted molar refractivity (Wildman–Crippen MR) is 143 cm³/mol. The molecule has 7 nitrogen and oxygen atoms in total. The summed E-state index contributed by atoms with van der Waals surface area (Å²) in [6.45, 7) is -2.50. The fourth-order valence-corrected chi connectivity index (χ4v) is 6.37. The van der Waals surface area contributed by atoms with Gasteiger partial charge in [-0.1, -0.05) is 29.8 Å². The van der Waals surface area contributed by atoms with E-state index >= 15 is 0 Å². The highest BCUT2D eigenvalue weighted by Crippen LogP contribution is 2.46. The molecule has 0 amide bonds. The number of esters is 1. The minimum absolute atomic E-state index is 0.0610. The molecular formula is C29H30ClF2N3O4. The van der Waals surface area contributed by atoms with E-state index in [0.717, 1.165) is 61.2 Å². The van der Waals surface area contributed by atoms with Crippen LogP contribution in [0.2, 0.25) is 5.02 Å². The molecule has 1 saturated carbocycles. The first-order chi connectivity index (χ1) is 18.9. The molecule has 2 saturated heterocycles. The number of fused-ring (bicyclic) bond motifs is 2. The number of carbonyl (C=O) groups excluding carboxylic acids is 1. The van der Waals surface area contributed by atoms with E-state index in [-0.39, 0.29) is 29.5 Å². The fraction of sp³-hybridized carbons (Fsp3) is 0.448. The number of methoxy groups -OCH3 is 1. The molecule has 2 bridgehead atoms. The Labute approximate surface area is 230 Å². The Morgan fingerprint density at radius 1 is 1.15 bits per heavy atom. The van der Waals surface area contributed by atoms with Crippen molar-refractivity contribution < 1.29 is 27.8 Å². The highest BCUT2D eigenvalue weighted by Gasteiger charge is 2.42. The summed E-state index contributed by atoms with van der Waals surface area (Å²) in [5.41, 5.74) is 3.87. The molecule has 3 fully saturated rings. The van der Waals surface area contributed by atoms with Gasteiger partial charge in [0, 0.05) is 52.9 Å². The predicted octanol–water partition coefficient (Wildman–Crippen LogP) is 6.71. The number of ether oxygens (including phenoxy) is 3. The molecular weight excluding hydrogens is 528 g/mol. The summed E-state index contributed by atoms with van der Waals surface area (Å²) in [4.78, 5) is 22.1. The monoisotopic (exact) mass is 557 g/mol. The second kappa shape index (κ2) is 10.8. The van der Waals surface area contributed by atoms with Crippen molar-refractivity contribution in [1.82, 2.24) is 9.97 Å². The molecule has 2 unspecified atom stereocenters. The number of halogens is 3. The number of rotatable bonds is 9. The number of H-pyrrole nitrogens is 1. The zero-order chi connectivity index (χ0) is 27.1. The number of hydrogen-bond donors (Lipinski definition) is 1. The number of benzene rings is 1. The van der Waals surface area contributed by atoms with Crippen molar-refractivity contribution in [3.8, 4) is 16.9 Å². The van der Waals surface area contributed by atoms with Gasteiger partial charge in [-0.2, -0.15) is 8.78 Å². The van der Waals surface area contributed by atoms with Crippen LogP contribution in [0.3, 0.4) is 0 Å². The molecule has 39 heavy (non-hydrogen) atoms. The molecule has 3 aromatic rings. The lowest BCUT2D eigenvalue weighted by molar-refractivity contribution is -0.0494. The van der Waals surface area contributed by atoms with Crippen molar-refractivity contribution in [2.75, 3.05) is 12.0 Å². The quantitative estimate of drug-likeness (QED) is 0.295. The maximum atomic E-state index is 13.1. The molecule has 2 atom stereocenters. The number of piperidine rings is 1. The van der Waals surface area contributed by atoms with Crippen LogP contribution in [0.1, 0.15) is 66.1 Å². The minimum Gasteiger partial charge on any atom is -0.465 e. The van der Waals surface area contributed by atoms with E-state index in [2.05, 4.69) is 14.9 Å². The van der Waals surface area contributed by atoms with Crippen LogP contribution in [0, 0.1) is 0 Å². The topological polar surface area (TPSA) is 76.7 Å². The molecule has 1 aromatic carbocycles. The lowest BCUT2D eigenvalue weighted by Crippen LogP contribution is -2.46. The van der Waals surface area contributed by atoms with Gasteiger partial charge in [-0.15, -0.1) is 0 Å². The standard InChI is InChI=1S/C29H30ClF2N3O4/c1-37-28(36)22-14-33-26(12-24(22)30)35-17-8-9-18(35)11-19(10-17)38-15-23-21(13-34-27(23)16-6-7-16)20-4-2-3-5-25(20)39-29(31)32/h2-5,12-14,16-19,29,34H,6-11,15H2,1H3. The van der Waals surface area contributed by atoms with Crippen molar-refractivity contribution in [2.24, 2.45) is 0 Å². The molecule has 1 aliphatic carbocycles. The third kappa shape index (κ3) is 5.22. The number of nitrogens with zero attached hydrogens (tertiary/aromatic N) is 2. The maximum absolute atomic E-state index is 13.1. The fourth-order valence-electron chi connectivity index (χ4n) is 6.15. The average molecular weight is 558 g/mol. The zero-order valence-electron chi connectivity index (χ0n) is 21.5. The van der Waals surface area contributed by atoms with Crippen LogP contribution in [0.4, 0.5) is 14.6 Å². The molecule has 206 valence electrons. The van der Waals surface area contributed by atoms with E-state index in [1.807, 2.05) is 18.3 Å². The largest absolute Gasteiger partial charge is 0.465 e. The number of pyridine rings is 1. The summed E-state index contributed by atoms with van der Waals surface area (Å²) in [6.07, 6.45) is 9.40. The second-order valence-electron chi connectivity index (χ2n) is 10.5. The maximum Gasteiger partial charge on any atom is 0.387 e. The average Bonchev–Trinajstić information content (AvgIpc) is 3.63. The van der Waals surface area contributed by atoms with Gasteiger partial charge in [0.2, 0.25) is 0 Å². The Bertz CT molecular complexity index is 1350. The normalized spacial score (nSPS) is 22.4. The number of nitrogens with one attached hydrogen (secondary N) is 1. The third-order valence-electron chi connectivity index (χ3n) is 8.06. The number of carbonyl (C=O) groups is 1.